The number of aromatic nitrogens is 2. The Bertz CT molecular complexity index is 641. The van der Waals surface area contributed by atoms with E-state index in [0.29, 0.717) is 12.5 Å². The van der Waals surface area contributed by atoms with Gasteiger partial charge in [0.2, 0.25) is 5.91 Å². The van der Waals surface area contributed by atoms with Gasteiger partial charge < -0.3 is 14.8 Å². The summed E-state index contributed by atoms with van der Waals surface area (Å²) in [7, 11) is 0. The van der Waals surface area contributed by atoms with Crippen molar-refractivity contribution < 1.29 is 4.79 Å². The Kier molecular flexibility index (Phi) is 3.92. The van der Waals surface area contributed by atoms with E-state index in [1.807, 2.05) is 29.2 Å². The lowest BCUT2D eigenvalue weighted by Crippen LogP contribution is -2.47. The van der Waals surface area contributed by atoms with Gasteiger partial charge in [-0.2, -0.15) is 0 Å². The molecule has 1 aliphatic rings. The van der Waals surface area contributed by atoms with Crippen LogP contribution in [0.3, 0.4) is 0 Å². The van der Waals surface area contributed by atoms with E-state index >= 15 is 0 Å². The first kappa shape index (κ1) is 14.1. The highest BCUT2D eigenvalue weighted by Gasteiger charge is 2.20. The zero-order valence-electron chi connectivity index (χ0n) is 12.7. The van der Waals surface area contributed by atoms with E-state index in [2.05, 4.69) is 23.7 Å². The number of amides is 1. The zero-order chi connectivity index (χ0) is 14.8. The van der Waals surface area contributed by atoms with Crippen LogP contribution >= 0.6 is 0 Å². The highest BCUT2D eigenvalue weighted by atomic mass is 16.2. The van der Waals surface area contributed by atoms with Gasteiger partial charge in [0.05, 0.1) is 11.0 Å². The maximum atomic E-state index is 12.5. The lowest BCUT2D eigenvalue weighted by Gasteiger charge is -2.28. The highest BCUT2D eigenvalue weighted by Crippen LogP contribution is 2.21. The van der Waals surface area contributed by atoms with Crippen LogP contribution in [0.1, 0.15) is 25.6 Å². The van der Waals surface area contributed by atoms with Crippen molar-refractivity contribution in [2.75, 3.05) is 26.2 Å². The first-order chi connectivity index (χ1) is 10.2. The summed E-state index contributed by atoms with van der Waals surface area (Å²) in [6, 6.07) is 8.04. The molecule has 112 valence electrons. The summed E-state index contributed by atoms with van der Waals surface area (Å²) in [5, 5.41) is 3.27. The van der Waals surface area contributed by atoms with Gasteiger partial charge in [-0.15, -0.1) is 0 Å². The molecule has 0 saturated carbocycles. The molecule has 1 aromatic heterocycles. The molecule has 2 aromatic rings. The zero-order valence-corrected chi connectivity index (χ0v) is 12.7. The van der Waals surface area contributed by atoms with E-state index in [0.717, 1.165) is 43.0 Å². The van der Waals surface area contributed by atoms with Gasteiger partial charge in [0, 0.05) is 32.1 Å². The van der Waals surface area contributed by atoms with Crippen LogP contribution in [-0.2, 0) is 11.3 Å². The van der Waals surface area contributed by atoms with E-state index < -0.39 is 0 Å². The lowest BCUT2D eigenvalue weighted by atomic mass is 10.2. The molecule has 0 atom stereocenters. The van der Waals surface area contributed by atoms with Crippen molar-refractivity contribution in [2.24, 2.45) is 0 Å². The normalized spacial score (nSPS) is 15.9. The fourth-order valence-corrected chi connectivity index (χ4v) is 2.85. The van der Waals surface area contributed by atoms with Gasteiger partial charge in [-0.25, -0.2) is 4.98 Å². The van der Waals surface area contributed by atoms with Gasteiger partial charge >= 0.3 is 0 Å². The molecule has 0 spiro atoms. The first-order valence-corrected chi connectivity index (χ1v) is 7.60. The van der Waals surface area contributed by atoms with Gasteiger partial charge in [-0.1, -0.05) is 26.0 Å². The van der Waals surface area contributed by atoms with Crippen molar-refractivity contribution >= 4 is 16.9 Å². The number of benzene rings is 1. The van der Waals surface area contributed by atoms with Crippen molar-refractivity contribution in [3.8, 4) is 0 Å². The Morgan fingerprint density at radius 2 is 2.00 bits per heavy atom. The number of hydrogen-bond donors (Lipinski definition) is 1. The Labute approximate surface area is 125 Å². The molecule has 1 aliphatic heterocycles. The number of hydrogen-bond acceptors (Lipinski definition) is 3. The maximum absolute atomic E-state index is 12.5. The molecule has 1 saturated heterocycles. The van der Waals surface area contributed by atoms with Crippen LogP contribution in [0.25, 0.3) is 11.0 Å². The number of fused-ring (bicyclic) bond motifs is 1. The third kappa shape index (κ3) is 2.78. The smallest absolute Gasteiger partial charge is 0.242 e. The van der Waals surface area contributed by atoms with Crippen LogP contribution in [0.15, 0.2) is 24.3 Å². The summed E-state index contributed by atoms with van der Waals surface area (Å²) >= 11 is 0. The monoisotopic (exact) mass is 286 g/mol. The number of carbonyl (C=O) groups excluding carboxylic acids is 1. The molecule has 1 N–H and O–H groups in total. The van der Waals surface area contributed by atoms with Gasteiger partial charge in [-0.3, -0.25) is 4.79 Å². The Hall–Kier alpha value is -1.88. The second-order valence-electron chi connectivity index (χ2n) is 5.83. The molecular formula is C16H22N4O. The quantitative estimate of drug-likeness (QED) is 0.932. The molecule has 5 nitrogen and oxygen atoms in total. The topological polar surface area (TPSA) is 50.2 Å². The molecule has 1 fully saturated rings. The summed E-state index contributed by atoms with van der Waals surface area (Å²) in [6.45, 7) is 7.97. The third-order valence-electron chi connectivity index (χ3n) is 3.96. The van der Waals surface area contributed by atoms with Gasteiger partial charge in [0.1, 0.15) is 12.4 Å². The summed E-state index contributed by atoms with van der Waals surface area (Å²) < 4.78 is 2.07. The van der Waals surface area contributed by atoms with Gasteiger partial charge in [-0.05, 0) is 12.1 Å². The SMILES string of the molecule is CC(C)c1nc2ccccc2n1CC(=O)N1CCNCC1. The van der Waals surface area contributed by atoms with E-state index in [-0.39, 0.29) is 5.91 Å². The van der Waals surface area contributed by atoms with E-state index in [9.17, 15) is 4.79 Å². The van der Waals surface area contributed by atoms with E-state index in [1.165, 1.54) is 0 Å². The highest BCUT2D eigenvalue weighted by molar-refractivity contribution is 5.81. The van der Waals surface area contributed by atoms with Gasteiger partial charge in [0.15, 0.2) is 0 Å². The molecule has 5 heteroatoms. The van der Waals surface area contributed by atoms with Crippen LogP contribution in [0, 0.1) is 0 Å². The number of nitrogens with zero attached hydrogens (tertiary/aromatic N) is 3. The maximum Gasteiger partial charge on any atom is 0.242 e. The van der Waals surface area contributed by atoms with Crippen LogP contribution in [0.5, 0.6) is 0 Å². The van der Waals surface area contributed by atoms with Crippen molar-refractivity contribution in [1.82, 2.24) is 19.8 Å². The molecule has 0 unspecified atom stereocenters. The Morgan fingerprint density at radius 1 is 1.29 bits per heavy atom. The summed E-state index contributed by atoms with van der Waals surface area (Å²) in [5.74, 6) is 1.47. The number of carbonyl (C=O) groups is 1. The fraction of sp³-hybridized carbons (Fsp3) is 0.500. The minimum absolute atomic E-state index is 0.182. The van der Waals surface area contributed by atoms with Crippen LogP contribution in [0.4, 0.5) is 0 Å². The number of piperazine rings is 1. The second-order valence-corrected chi connectivity index (χ2v) is 5.83. The molecule has 0 radical (unpaired) electrons. The molecule has 21 heavy (non-hydrogen) atoms. The summed E-state index contributed by atoms with van der Waals surface area (Å²) in [5.41, 5.74) is 2.01. The minimum atomic E-state index is 0.182. The van der Waals surface area contributed by atoms with Crippen molar-refractivity contribution in [3.05, 3.63) is 30.1 Å². The number of imidazole rings is 1. The first-order valence-electron chi connectivity index (χ1n) is 7.60. The van der Waals surface area contributed by atoms with Gasteiger partial charge in [0.25, 0.3) is 0 Å². The number of para-hydroxylation sites is 2. The molecule has 2 heterocycles. The second kappa shape index (κ2) is 5.85. The molecule has 3 rings (SSSR count). The summed E-state index contributed by atoms with van der Waals surface area (Å²) in [4.78, 5) is 19.2. The molecule has 1 aromatic carbocycles. The van der Waals surface area contributed by atoms with E-state index in [4.69, 9.17) is 4.98 Å². The van der Waals surface area contributed by atoms with Crippen molar-refractivity contribution in [3.63, 3.8) is 0 Å². The van der Waals surface area contributed by atoms with Crippen molar-refractivity contribution in [2.45, 2.75) is 26.3 Å². The molecule has 0 bridgehead atoms. The predicted molar refractivity (Wildman–Crippen MR) is 83.3 cm³/mol. The lowest BCUT2D eigenvalue weighted by molar-refractivity contribution is -0.132. The van der Waals surface area contributed by atoms with Crippen LogP contribution < -0.4 is 5.32 Å². The standard InChI is InChI=1S/C16H22N4O/c1-12(2)16-18-13-5-3-4-6-14(13)20(16)11-15(21)19-9-7-17-8-10-19/h3-6,12,17H,7-11H2,1-2H3. The van der Waals surface area contributed by atoms with E-state index in [1.54, 1.807) is 0 Å². The molecular weight excluding hydrogens is 264 g/mol. The average molecular weight is 286 g/mol. The number of rotatable bonds is 3. The Balaban J connectivity index is 1.91. The predicted octanol–water partition coefficient (Wildman–Crippen LogP) is 1.59. The fourth-order valence-electron chi connectivity index (χ4n) is 2.85. The largest absolute Gasteiger partial charge is 0.339 e. The van der Waals surface area contributed by atoms with Crippen LogP contribution in [0.2, 0.25) is 0 Å². The van der Waals surface area contributed by atoms with Crippen LogP contribution in [-0.4, -0.2) is 46.5 Å². The number of nitrogens with one attached hydrogen (secondary N) is 1. The van der Waals surface area contributed by atoms with Crippen molar-refractivity contribution in [1.29, 1.82) is 0 Å². The third-order valence-corrected chi connectivity index (χ3v) is 3.96. The minimum Gasteiger partial charge on any atom is -0.339 e. The molecule has 1 amide bonds. The summed E-state index contributed by atoms with van der Waals surface area (Å²) in [6.07, 6.45) is 0. The molecule has 0 aliphatic carbocycles. The Morgan fingerprint density at radius 3 is 2.71 bits per heavy atom. The average Bonchev–Trinajstić information content (AvgIpc) is 2.87.